The molecule has 8 nitrogen and oxygen atoms in total. The summed E-state index contributed by atoms with van der Waals surface area (Å²) in [5.74, 6) is 1.58. The van der Waals surface area contributed by atoms with Crippen molar-refractivity contribution in [2.24, 2.45) is 0 Å². The highest BCUT2D eigenvalue weighted by Gasteiger charge is 2.15. The Morgan fingerprint density at radius 3 is 2.54 bits per heavy atom. The molecule has 0 aliphatic carbocycles. The molecule has 0 spiro atoms. The van der Waals surface area contributed by atoms with Gasteiger partial charge in [-0.2, -0.15) is 4.52 Å². The number of hydrogen-bond acceptors (Lipinski definition) is 7. The number of fused-ring (bicyclic) bond motifs is 1. The fourth-order valence-electron chi connectivity index (χ4n) is 2.20. The molecule has 0 saturated carbocycles. The Bertz CT molecular complexity index is 851. The van der Waals surface area contributed by atoms with Crippen LogP contribution in [0.2, 0.25) is 0 Å². The molecule has 0 saturated heterocycles. The number of aromatic nitrogens is 4. The summed E-state index contributed by atoms with van der Waals surface area (Å²) in [6.07, 6.45) is 1.73. The first-order valence-electron chi connectivity index (χ1n) is 7.40. The van der Waals surface area contributed by atoms with Gasteiger partial charge in [-0.05, 0) is 18.6 Å². The number of ether oxygens (including phenoxy) is 2. The molecule has 3 rings (SSSR count). The summed E-state index contributed by atoms with van der Waals surface area (Å²) in [5.41, 5.74) is 0.422. The average Bonchev–Trinajstić information content (AvgIpc) is 3.15. The van der Waals surface area contributed by atoms with E-state index in [9.17, 15) is 4.79 Å². The maximum absolute atomic E-state index is 12.5. The van der Waals surface area contributed by atoms with Crippen LogP contribution < -0.4 is 14.8 Å². The van der Waals surface area contributed by atoms with Crippen molar-refractivity contribution >= 4 is 27.3 Å². The number of carbonyl (C=O) groups excluding carboxylic acids is 1. The highest BCUT2D eigenvalue weighted by atomic mass is 32.1. The van der Waals surface area contributed by atoms with Gasteiger partial charge < -0.3 is 9.47 Å². The maximum Gasteiger partial charge on any atom is 0.257 e. The van der Waals surface area contributed by atoms with E-state index in [1.54, 1.807) is 22.7 Å². The van der Waals surface area contributed by atoms with Gasteiger partial charge in [0.1, 0.15) is 11.5 Å². The number of hydrogen-bond donors (Lipinski definition) is 1. The van der Waals surface area contributed by atoms with E-state index >= 15 is 0 Å². The molecule has 3 aromatic rings. The lowest BCUT2D eigenvalue weighted by Crippen LogP contribution is -2.12. The molecule has 0 bridgehead atoms. The summed E-state index contributed by atoms with van der Waals surface area (Å²) in [6, 6.07) is 4.98. The van der Waals surface area contributed by atoms with Crippen LogP contribution in [0.1, 0.15) is 29.5 Å². The van der Waals surface area contributed by atoms with Crippen LogP contribution in [-0.4, -0.2) is 39.9 Å². The standard InChI is InChI=1S/C15H17N5O3S/c1-4-5-12-17-18-15-20(12)19-14(24-15)16-13(21)9-6-10(22-2)8-11(7-9)23-3/h6-8H,4-5H2,1-3H3,(H,16,19,21). The van der Waals surface area contributed by atoms with Gasteiger partial charge in [0.25, 0.3) is 5.91 Å². The molecule has 0 aliphatic rings. The topological polar surface area (TPSA) is 90.6 Å². The normalized spacial score (nSPS) is 10.8. The van der Waals surface area contributed by atoms with Crippen molar-refractivity contribution in [3.63, 3.8) is 0 Å². The van der Waals surface area contributed by atoms with E-state index in [2.05, 4.69) is 27.5 Å². The summed E-state index contributed by atoms with van der Waals surface area (Å²) >= 11 is 1.27. The van der Waals surface area contributed by atoms with Crippen LogP contribution in [0.25, 0.3) is 4.96 Å². The van der Waals surface area contributed by atoms with Gasteiger partial charge in [-0.3, -0.25) is 10.1 Å². The van der Waals surface area contributed by atoms with Gasteiger partial charge in [0.05, 0.1) is 14.2 Å². The Kier molecular flexibility index (Phi) is 4.61. The van der Waals surface area contributed by atoms with E-state index in [1.165, 1.54) is 25.6 Å². The van der Waals surface area contributed by atoms with Gasteiger partial charge in [-0.25, -0.2) is 0 Å². The Hall–Kier alpha value is -2.68. The number of nitrogens with one attached hydrogen (secondary N) is 1. The SMILES string of the molecule is CCCc1nnc2sc(NC(=O)c3cc(OC)cc(OC)c3)nn12. The van der Waals surface area contributed by atoms with E-state index in [0.717, 1.165) is 18.7 Å². The lowest BCUT2D eigenvalue weighted by Gasteiger charge is -2.07. The number of methoxy groups -OCH3 is 2. The Labute approximate surface area is 142 Å². The average molecular weight is 347 g/mol. The lowest BCUT2D eigenvalue weighted by molar-refractivity contribution is 0.102. The molecule has 24 heavy (non-hydrogen) atoms. The van der Waals surface area contributed by atoms with E-state index in [-0.39, 0.29) is 5.91 Å². The molecule has 1 N–H and O–H groups in total. The van der Waals surface area contributed by atoms with Crippen molar-refractivity contribution in [2.75, 3.05) is 19.5 Å². The summed E-state index contributed by atoms with van der Waals surface area (Å²) in [4.78, 5) is 13.1. The highest BCUT2D eigenvalue weighted by molar-refractivity contribution is 7.20. The van der Waals surface area contributed by atoms with Gasteiger partial charge in [0.2, 0.25) is 10.1 Å². The second kappa shape index (κ2) is 6.83. The van der Waals surface area contributed by atoms with E-state index in [1.807, 2.05) is 0 Å². The first-order valence-corrected chi connectivity index (χ1v) is 8.21. The molecule has 2 heterocycles. The number of carbonyl (C=O) groups is 1. The molecule has 126 valence electrons. The molecular formula is C15H17N5O3S. The second-order valence-corrected chi connectivity index (χ2v) is 5.98. The van der Waals surface area contributed by atoms with Gasteiger partial charge in [0.15, 0.2) is 5.82 Å². The molecule has 0 atom stereocenters. The predicted octanol–water partition coefficient (Wildman–Crippen LogP) is 2.41. The summed E-state index contributed by atoms with van der Waals surface area (Å²) in [5, 5.41) is 15.7. The molecule has 1 aromatic carbocycles. The van der Waals surface area contributed by atoms with E-state index in [0.29, 0.717) is 27.2 Å². The zero-order chi connectivity index (χ0) is 17.1. The van der Waals surface area contributed by atoms with Crippen molar-refractivity contribution in [1.29, 1.82) is 0 Å². The van der Waals surface area contributed by atoms with Crippen LogP contribution in [0, 0.1) is 0 Å². The monoisotopic (exact) mass is 347 g/mol. The van der Waals surface area contributed by atoms with Crippen LogP contribution in [0.3, 0.4) is 0 Å². The minimum Gasteiger partial charge on any atom is -0.497 e. The molecule has 9 heteroatoms. The van der Waals surface area contributed by atoms with Crippen molar-refractivity contribution in [2.45, 2.75) is 19.8 Å². The van der Waals surface area contributed by atoms with Crippen LogP contribution >= 0.6 is 11.3 Å². The highest BCUT2D eigenvalue weighted by Crippen LogP contribution is 2.24. The predicted molar refractivity (Wildman–Crippen MR) is 90.2 cm³/mol. The van der Waals surface area contributed by atoms with Gasteiger partial charge in [-0.15, -0.1) is 15.3 Å². The van der Waals surface area contributed by atoms with Crippen molar-refractivity contribution in [3.05, 3.63) is 29.6 Å². The molecule has 2 aromatic heterocycles. The fraction of sp³-hybridized carbons (Fsp3) is 0.333. The molecular weight excluding hydrogens is 330 g/mol. The number of aryl methyl sites for hydroxylation is 1. The Morgan fingerprint density at radius 1 is 1.21 bits per heavy atom. The fourth-order valence-corrected chi connectivity index (χ4v) is 2.95. The smallest absolute Gasteiger partial charge is 0.257 e. The van der Waals surface area contributed by atoms with Crippen LogP contribution in [0.4, 0.5) is 5.13 Å². The molecule has 0 radical (unpaired) electrons. The number of nitrogens with zero attached hydrogens (tertiary/aromatic N) is 4. The summed E-state index contributed by atoms with van der Waals surface area (Å²) < 4.78 is 12.0. The zero-order valence-electron chi connectivity index (χ0n) is 13.6. The van der Waals surface area contributed by atoms with Crippen LogP contribution in [-0.2, 0) is 6.42 Å². The second-order valence-electron chi connectivity index (χ2n) is 5.02. The van der Waals surface area contributed by atoms with E-state index in [4.69, 9.17) is 9.47 Å². The number of anilines is 1. The number of amides is 1. The molecule has 0 aliphatic heterocycles. The lowest BCUT2D eigenvalue weighted by atomic mass is 10.2. The Morgan fingerprint density at radius 2 is 1.92 bits per heavy atom. The minimum absolute atomic E-state index is 0.297. The Balaban J connectivity index is 1.84. The minimum atomic E-state index is -0.297. The largest absolute Gasteiger partial charge is 0.497 e. The maximum atomic E-state index is 12.5. The van der Waals surface area contributed by atoms with E-state index < -0.39 is 0 Å². The van der Waals surface area contributed by atoms with Crippen molar-refractivity contribution in [1.82, 2.24) is 19.8 Å². The van der Waals surface area contributed by atoms with Gasteiger partial charge in [0, 0.05) is 18.1 Å². The molecule has 1 amide bonds. The third-order valence-electron chi connectivity index (χ3n) is 3.36. The third kappa shape index (κ3) is 3.16. The summed E-state index contributed by atoms with van der Waals surface area (Å²) in [6.45, 7) is 2.06. The van der Waals surface area contributed by atoms with Crippen molar-refractivity contribution in [3.8, 4) is 11.5 Å². The third-order valence-corrected chi connectivity index (χ3v) is 4.18. The first kappa shape index (κ1) is 16.2. The summed E-state index contributed by atoms with van der Waals surface area (Å²) in [7, 11) is 3.07. The van der Waals surface area contributed by atoms with Crippen LogP contribution in [0.15, 0.2) is 18.2 Å². The quantitative estimate of drug-likeness (QED) is 0.736. The van der Waals surface area contributed by atoms with Gasteiger partial charge >= 0.3 is 0 Å². The zero-order valence-corrected chi connectivity index (χ0v) is 14.4. The number of rotatable bonds is 6. The molecule has 0 unspecified atom stereocenters. The molecule has 0 fully saturated rings. The van der Waals surface area contributed by atoms with Crippen LogP contribution in [0.5, 0.6) is 11.5 Å². The van der Waals surface area contributed by atoms with Crippen molar-refractivity contribution < 1.29 is 14.3 Å². The number of benzene rings is 1. The first-order chi connectivity index (χ1) is 11.6. The van der Waals surface area contributed by atoms with Gasteiger partial charge in [-0.1, -0.05) is 18.3 Å².